The molecule has 0 bridgehead atoms. The van der Waals surface area contributed by atoms with Crippen LogP contribution in [0.5, 0.6) is 5.75 Å². The number of ether oxygens (including phenoxy) is 1. The molecule has 3 N–H and O–H groups in total. The van der Waals surface area contributed by atoms with E-state index < -0.39 is 28.6 Å². The number of anilines is 1. The standard InChI is InChI=1S/C19H19N3O7S/c1-12-7-15(5-6-16(12)29-11-18(24)25)30(27,28)21-14-4-2-3-13(8-14)10-22-17(23)9-20-19(22)26/h2-8,21H,9-11H2,1H3,(H,20,26)(H,24,25). The molecule has 1 aliphatic heterocycles. The van der Waals surface area contributed by atoms with Crippen LogP contribution in [0, 0.1) is 6.92 Å². The third kappa shape index (κ3) is 4.87. The highest BCUT2D eigenvalue weighted by atomic mass is 32.2. The molecular formula is C19H19N3O7S. The number of carboxylic acids is 1. The molecule has 1 aliphatic rings. The number of hydrogen-bond donors (Lipinski definition) is 3. The molecule has 3 amide bonds. The molecule has 30 heavy (non-hydrogen) atoms. The van der Waals surface area contributed by atoms with Gasteiger partial charge in [0.25, 0.3) is 10.0 Å². The summed E-state index contributed by atoms with van der Waals surface area (Å²) in [5.74, 6) is -1.22. The van der Waals surface area contributed by atoms with E-state index in [2.05, 4.69) is 10.0 Å². The zero-order valence-electron chi connectivity index (χ0n) is 15.9. The van der Waals surface area contributed by atoms with Crippen LogP contribution in [0.25, 0.3) is 0 Å². The average molecular weight is 433 g/mol. The van der Waals surface area contributed by atoms with E-state index in [9.17, 15) is 22.8 Å². The Balaban J connectivity index is 1.75. The molecule has 2 aromatic rings. The van der Waals surface area contributed by atoms with E-state index in [1.165, 1.54) is 24.3 Å². The van der Waals surface area contributed by atoms with Crippen molar-refractivity contribution in [2.75, 3.05) is 17.9 Å². The fourth-order valence-electron chi connectivity index (χ4n) is 2.84. The maximum absolute atomic E-state index is 12.7. The minimum absolute atomic E-state index is 0.0228. The monoisotopic (exact) mass is 433 g/mol. The van der Waals surface area contributed by atoms with E-state index in [1.54, 1.807) is 25.1 Å². The number of aryl methyl sites for hydroxylation is 1. The van der Waals surface area contributed by atoms with Crippen LogP contribution < -0.4 is 14.8 Å². The zero-order chi connectivity index (χ0) is 21.9. The molecule has 1 heterocycles. The molecule has 0 spiro atoms. The molecule has 0 radical (unpaired) electrons. The molecular weight excluding hydrogens is 414 g/mol. The van der Waals surface area contributed by atoms with Crippen LogP contribution in [0.1, 0.15) is 11.1 Å². The lowest BCUT2D eigenvalue weighted by Crippen LogP contribution is -2.30. The van der Waals surface area contributed by atoms with Gasteiger partial charge in [-0.15, -0.1) is 0 Å². The van der Waals surface area contributed by atoms with Crippen molar-refractivity contribution in [1.29, 1.82) is 0 Å². The van der Waals surface area contributed by atoms with E-state index in [0.29, 0.717) is 11.1 Å². The zero-order valence-corrected chi connectivity index (χ0v) is 16.7. The summed E-state index contributed by atoms with van der Waals surface area (Å²) >= 11 is 0. The van der Waals surface area contributed by atoms with Crippen LogP contribution in [0.4, 0.5) is 10.5 Å². The minimum Gasteiger partial charge on any atom is -0.482 e. The molecule has 1 fully saturated rings. The quantitative estimate of drug-likeness (QED) is 0.533. The largest absolute Gasteiger partial charge is 0.482 e. The van der Waals surface area contributed by atoms with Gasteiger partial charge >= 0.3 is 12.0 Å². The van der Waals surface area contributed by atoms with Gasteiger partial charge in [0.1, 0.15) is 5.75 Å². The van der Waals surface area contributed by atoms with Crippen molar-refractivity contribution in [3.63, 3.8) is 0 Å². The molecule has 3 rings (SSSR count). The van der Waals surface area contributed by atoms with Gasteiger partial charge in [-0.1, -0.05) is 12.1 Å². The van der Waals surface area contributed by atoms with Crippen LogP contribution >= 0.6 is 0 Å². The van der Waals surface area contributed by atoms with Crippen molar-refractivity contribution < 1.29 is 32.6 Å². The number of imide groups is 1. The second-order valence-electron chi connectivity index (χ2n) is 6.55. The van der Waals surface area contributed by atoms with Crippen molar-refractivity contribution in [2.24, 2.45) is 0 Å². The second-order valence-corrected chi connectivity index (χ2v) is 8.24. The number of aliphatic carboxylic acids is 1. The number of nitrogens with zero attached hydrogens (tertiary/aromatic N) is 1. The first-order valence-corrected chi connectivity index (χ1v) is 10.3. The Morgan fingerprint density at radius 2 is 2.00 bits per heavy atom. The van der Waals surface area contributed by atoms with Gasteiger partial charge in [0, 0.05) is 5.69 Å². The molecule has 158 valence electrons. The average Bonchev–Trinajstić information content (AvgIpc) is 2.99. The Hall–Kier alpha value is -3.60. The maximum atomic E-state index is 12.7. The summed E-state index contributed by atoms with van der Waals surface area (Å²) in [4.78, 5) is 35.0. The molecule has 0 saturated carbocycles. The van der Waals surface area contributed by atoms with E-state index in [1.807, 2.05) is 0 Å². The van der Waals surface area contributed by atoms with Crippen molar-refractivity contribution in [3.8, 4) is 5.75 Å². The van der Waals surface area contributed by atoms with Gasteiger partial charge in [0.2, 0.25) is 5.91 Å². The fourth-order valence-corrected chi connectivity index (χ4v) is 3.97. The number of nitrogens with one attached hydrogen (secondary N) is 2. The van der Waals surface area contributed by atoms with Gasteiger partial charge in [0.15, 0.2) is 6.61 Å². The van der Waals surface area contributed by atoms with Crippen LogP contribution in [-0.2, 0) is 26.2 Å². The lowest BCUT2D eigenvalue weighted by atomic mass is 10.2. The predicted octanol–water partition coefficient (Wildman–Crippen LogP) is 1.31. The summed E-state index contributed by atoms with van der Waals surface area (Å²) in [7, 11) is -3.93. The number of carbonyl (C=O) groups is 3. The van der Waals surface area contributed by atoms with Gasteiger partial charge in [0.05, 0.1) is 18.0 Å². The Morgan fingerprint density at radius 1 is 1.23 bits per heavy atom. The molecule has 1 saturated heterocycles. The van der Waals surface area contributed by atoms with Crippen molar-refractivity contribution >= 4 is 33.6 Å². The number of amides is 3. The molecule has 0 aliphatic carbocycles. The summed E-state index contributed by atoms with van der Waals surface area (Å²) < 4.78 is 33.0. The number of carbonyl (C=O) groups excluding carboxylic acids is 2. The predicted molar refractivity (Wildman–Crippen MR) is 106 cm³/mol. The van der Waals surface area contributed by atoms with Crippen LogP contribution in [0.15, 0.2) is 47.4 Å². The number of urea groups is 1. The lowest BCUT2D eigenvalue weighted by Gasteiger charge is -2.14. The first kappa shape index (κ1) is 21.1. The lowest BCUT2D eigenvalue weighted by molar-refractivity contribution is -0.139. The second kappa shape index (κ2) is 8.41. The number of hydrogen-bond acceptors (Lipinski definition) is 6. The van der Waals surface area contributed by atoms with Crippen molar-refractivity contribution in [2.45, 2.75) is 18.4 Å². The SMILES string of the molecule is Cc1cc(S(=O)(=O)Nc2cccc(CN3C(=O)CNC3=O)c2)ccc1OCC(=O)O. The van der Waals surface area contributed by atoms with E-state index in [4.69, 9.17) is 9.84 Å². The maximum Gasteiger partial charge on any atom is 0.341 e. The third-order valence-electron chi connectivity index (χ3n) is 4.26. The van der Waals surface area contributed by atoms with Gasteiger partial charge in [-0.25, -0.2) is 18.0 Å². The Morgan fingerprint density at radius 3 is 2.63 bits per heavy atom. The Labute approximate surface area is 172 Å². The summed E-state index contributed by atoms with van der Waals surface area (Å²) in [6.45, 7) is 1.04. The first-order valence-electron chi connectivity index (χ1n) is 8.81. The van der Waals surface area contributed by atoms with Gasteiger partial charge < -0.3 is 15.2 Å². The summed E-state index contributed by atoms with van der Waals surface area (Å²) in [6.07, 6.45) is 0. The number of benzene rings is 2. The van der Waals surface area contributed by atoms with E-state index in [-0.39, 0.29) is 35.3 Å². The Kier molecular flexibility index (Phi) is 5.92. The normalized spacial score (nSPS) is 13.8. The highest BCUT2D eigenvalue weighted by molar-refractivity contribution is 7.92. The van der Waals surface area contributed by atoms with E-state index in [0.717, 1.165) is 4.90 Å². The number of carboxylic acid groups (broad SMARTS) is 1. The molecule has 0 unspecified atom stereocenters. The summed E-state index contributed by atoms with van der Waals surface area (Å²) in [5.41, 5.74) is 1.31. The first-order chi connectivity index (χ1) is 14.2. The smallest absolute Gasteiger partial charge is 0.341 e. The van der Waals surface area contributed by atoms with Gasteiger partial charge in [-0.3, -0.25) is 14.4 Å². The molecule has 2 aromatic carbocycles. The van der Waals surface area contributed by atoms with Crippen LogP contribution in [0.3, 0.4) is 0 Å². The molecule has 10 nitrogen and oxygen atoms in total. The van der Waals surface area contributed by atoms with Gasteiger partial charge in [-0.2, -0.15) is 0 Å². The van der Waals surface area contributed by atoms with Gasteiger partial charge in [-0.05, 0) is 48.4 Å². The minimum atomic E-state index is -3.93. The molecule has 11 heteroatoms. The number of rotatable bonds is 8. The van der Waals surface area contributed by atoms with Crippen molar-refractivity contribution in [1.82, 2.24) is 10.2 Å². The summed E-state index contributed by atoms with van der Waals surface area (Å²) in [5, 5.41) is 11.1. The molecule has 0 atom stereocenters. The fraction of sp³-hybridized carbons (Fsp3) is 0.211. The van der Waals surface area contributed by atoms with Crippen LogP contribution in [0.2, 0.25) is 0 Å². The summed E-state index contributed by atoms with van der Waals surface area (Å²) in [6, 6.07) is 9.94. The highest BCUT2D eigenvalue weighted by Crippen LogP contribution is 2.24. The van der Waals surface area contributed by atoms with Crippen molar-refractivity contribution in [3.05, 3.63) is 53.6 Å². The van der Waals surface area contributed by atoms with E-state index >= 15 is 0 Å². The van der Waals surface area contributed by atoms with Crippen LogP contribution in [-0.4, -0.2) is 49.5 Å². The topological polar surface area (TPSA) is 142 Å². The Bertz CT molecular complexity index is 1100. The third-order valence-corrected chi connectivity index (χ3v) is 5.64. The number of sulfonamides is 1. The highest BCUT2D eigenvalue weighted by Gasteiger charge is 2.28. The molecule has 0 aromatic heterocycles.